The smallest absolute Gasteiger partial charge is 0.289 e. The van der Waals surface area contributed by atoms with Crippen LogP contribution in [-0.2, 0) is 13.1 Å². The first kappa shape index (κ1) is 13.1. The van der Waals surface area contributed by atoms with E-state index in [0.717, 1.165) is 27.7 Å². The number of hydrogen-bond donors (Lipinski definition) is 1. The van der Waals surface area contributed by atoms with Crippen LogP contribution in [0.3, 0.4) is 0 Å². The number of nitrogens with zero attached hydrogens (tertiary/aromatic N) is 4. The fourth-order valence-corrected chi connectivity index (χ4v) is 2.56. The lowest BCUT2D eigenvalue weighted by Gasteiger charge is -2.01. The van der Waals surface area contributed by atoms with Gasteiger partial charge in [-0.15, -0.1) is 21.5 Å². The lowest BCUT2D eigenvalue weighted by atomic mass is 10.4. The summed E-state index contributed by atoms with van der Waals surface area (Å²) in [4.78, 5) is 4.45. The minimum absolute atomic E-state index is 0.144. The van der Waals surface area contributed by atoms with Crippen LogP contribution < -0.4 is 5.32 Å². The second kappa shape index (κ2) is 5.59. The molecule has 3 aromatic heterocycles. The van der Waals surface area contributed by atoms with Crippen molar-refractivity contribution in [3.05, 3.63) is 46.3 Å². The van der Waals surface area contributed by atoms with Crippen molar-refractivity contribution in [3.8, 4) is 0 Å². The lowest BCUT2D eigenvalue weighted by molar-refractivity contribution is 0.151. The van der Waals surface area contributed by atoms with Gasteiger partial charge in [0.05, 0.1) is 6.54 Å². The molecule has 0 atom stereocenters. The molecule has 3 rings (SSSR count). The molecule has 0 amide bonds. The van der Waals surface area contributed by atoms with E-state index in [1.807, 2.05) is 28.8 Å². The van der Waals surface area contributed by atoms with Crippen molar-refractivity contribution >= 4 is 17.0 Å². The topological polar surface area (TPSA) is 55.1 Å². The van der Waals surface area contributed by atoms with E-state index in [4.69, 9.17) is 0 Å². The molecule has 5 nitrogen and oxygen atoms in total. The van der Waals surface area contributed by atoms with Gasteiger partial charge in [0.2, 0.25) is 0 Å². The summed E-state index contributed by atoms with van der Waals surface area (Å²) in [6.45, 7) is 0.985. The highest BCUT2D eigenvalue weighted by atomic mass is 32.1. The van der Waals surface area contributed by atoms with Gasteiger partial charge < -0.3 is 5.32 Å². The predicted octanol–water partition coefficient (Wildman–Crippen LogP) is 2.41. The van der Waals surface area contributed by atoms with E-state index >= 15 is 0 Å². The molecule has 1 N–H and O–H groups in total. The number of aromatic nitrogens is 4. The van der Waals surface area contributed by atoms with Gasteiger partial charge in [-0.3, -0.25) is 4.40 Å². The van der Waals surface area contributed by atoms with Gasteiger partial charge in [0.15, 0.2) is 16.5 Å². The van der Waals surface area contributed by atoms with Crippen molar-refractivity contribution in [2.24, 2.45) is 0 Å². The highest BCUT2D eigenvalue weighted by Crippen LogP contribution is 2.23. The van der Waals surface area contributed by atoms with Crippen LogP contribution >= 0.6 is 11.3 Å². The monoisotopic (exact) mass is 295 g/mol. The van der Waals surface area contributed by atoms with Gasteiger partial charge in [0, 0.05) is 23.8 Å². The average molecular weight is 295 g/mol. The van der Waals surface area contributed by atoms with Crippen LogP contribution in [0.5, 0.6) is 0 Å². The molecule has 0 aliphatic rings. The van der Waals surface area contributed by atoms with Crippen molar-refractivity contribution in [1.82, 2.24) is 24.9 Å². The summed E-state index contributed by atoms with van der Waals surface area (Å²) in [5, 5.41) is 11.1. The lowest BCUT2D eigenvalue weighted by Crippen LogP contribution is -2.14. The van der Waals surface area contributed by atoms with E-state index in [0.29, 0.717) is 13.1 Å². The predicted molar refractivity (Wildman–Crippen MR) is 70.6 cm³/mol. The maximum absolute atomic E-state index is 12.4. The number of hydrogen-bond acceptors (Lipinski definition) is 5. The summed E-state index contributed by atoms with van der Waals surface area (Å²) in [5.41, 5.74) is 0.780. The molecule has 3 aromatic rings. The summed E-state index contributed by atoms with van der Waals surface area (Å²) in [6, 6.07) is 5.66. The third kappa shape index (κ3) is 2.66. The first-order valence-corrected chi connectivity index (χ1v) is 6.78. The van der Waals surface area contributed by atoms with Crippen LogP contribution in [0.25, 0.3) is 5.65 Å². The Morgan fingerprint density at radius 2 is 2.15 bits per heavy atom. The fourth-order valence-electron chi connectivity index (χ4n) is 1.81. The largest absolute Gasteiger partial charge is 0.305 e. The number of halogens is 2. The Labute approximate surface area is 117 Å². The van der Waals surface area contributed by atoms with E-state index in [2.05, 4.69) is 20.5 Å². The van der Waals surface area contributed by atoms with Gasteiger partial charge in [0.1, 0.15) is 0 Å². The third-order valence-corrected chi connectivity index (χ3v) is 3.73. The Hall–Kier alpha value is -1.93. The molecule has 0 unspecified atom stereocenters. The van der Waals surface area contributed by atoms with Crippen LogP contribution in [0, 0.1) is 0 Å². The molecule has 0 fully saturated rings. The quantitative estimate of drug-likeness (QED) is 0.785. The van der Waals surface area contributed by atoms with Crippen molar-refractivity contribution in [1.29, 1.82) is 0 Å². The zero-order chi connectivity index (χ0) is 13.9. The highest BCUT2D eigenvalue weighted by Gasteiger charge is 2.12. The molecular weight excluding hydrogens is 284 g/mol. The number of fused-ring (bicyclic) bond motifs is 1. The Kier molecular flexibility index (Phi) is 3.66. The van der Waals surface area contributed by atoms with Gasteiger partial charge in [-0.1, -0.05) is 6.07 Å². The van der Waals surface area contributed by atoms with Crippen molar-refractivity contribution in [2.75, 3.05) is 0 Å². The third-order valence-electron chi connectivity index (χ3n) is 2.72. The number of rotatable bonds is 5. The molecule has 0 spiro atoms. The molecule has 20 heavy (non-hydrogen) atoms. The van der Waals surface area contributed by atoms with Crippen LogP contribution in [0.15, 0.2) is 30.6 Å². The number of thiazole rings is 1. The second-order valence-corrected chi connectivity index (χ2v) is 5.26. The molecule has 0 bridgehead atoms. The average Bonchev–Trinajstić information content (AvgIpc) is 3.06. The number of pyridine rings is 1. The Morgan fingerprint density at radius 3 is 2.95 bits per heavy atom. The molecule has 0 aliphatic heterocycles. The van der Waals surface area contributed by atoms with E-state index in [1.54, 1.807) is 0 Å². The minimum Gasteiger partial charge on any atom is -0.305 e. The molecule has 8 heteroatoms. The SMILES string of the molecule is FC(F)c1ncc(CNCc2nnc3ccccn23)s1. The highest BCUT2D eigenvalue weighted by molar-refractivity contribution is 7.11. The maximum atomic E-state index is 12.4. The number of alkyl halides is 2. The molecule has 0 radical (unpaired) electrons. The standard InChI is InChI=1S/C12H11F2N5S/c13-11(14)12-16-6-8(20-12)5-15-7-10-18-17-9-3-1-2-4-19(9)10/h1-4,6,11,15H,5,7H2. The van der Waals surface area contributed by atoms with Gasteiger partial charge >= 0.3 is 0 Å². The molecule has 0 aromatic carbocycles. The Bertz CT molecular complexity index is 709. The fraction of sp³-hybridized carbons (Fsp3) is 0.250. The Morgan fingerprint density at radius 1 is 1.25 bits per heavy atom. The van der Waals surface area contributed by atoms with Crippen molar-refractivity contribution in [3.63, 3.8) is 0 Å². The summed E-state index contributed by atoms with van der Waals surface area (Å²) in [6.07, 6.45) is 0.851. The molecule has 0 aliphatic carbocycles. The summed E-state index contributed by atoms with van der Waals surface area (Å²) in [5.74, 6) is 0.777. The van der Waals surface area contributed by atoms with E-state index < -0.39 is 6.43 Å². The van der Waals surface area contributed by atoms with Crippen molar-refractivity contribution < 1.29 is 8.78 Å². The zero-order valence-corrected chi connectivity index (χ0v) is 11.1. The van der Waals surface area contributed by atoms with Crippen LogP contribution in [0.4, 0.5) is 8.78 Å². The maximum Gasteiger partial charge on any atom is 0.289 e. The van der Waals surface area contributed by atoms with Crippen LogP contribution in [0.1, 0.15) is 22.1 Å². The molecular formula is C12H11F2N5S. The first-order valence-electron chi connectivity index (χ1n) is 5.96. The van der Waals surface area contributed by atoms with Crippen molar-refractivity contribution in [2.45, 2.75) is 19.5 Å². The zero-order valence-electron chi connectivity index (χ0n) is 10.3. The van der Waals surface area contributed by atoms with E-state index in [9.17, 15) is 8.78 Å². The Balaban J connectivity index is 1.62. The van der Waals surface area contributed by atoms with Gasteiger partial charge in [-0.25, -0.2) is 13.8 Å². The molecule has 0 saturated carbocycles. The molecule has 3 heterocycles. The van der Waals surface area contributed by atoms with Crippen LogP contribution in [0.2, 0.25) is 0 Å². The van der Waals surface area contributed by atoms with Crippen LogP contribution in [-0.4, -0.2) is 19.6 Å². The minimum atomic E-state index is -2.51. The summed E-state index contributed by atoms with van der Waals surface area (Å²) in [7, 11) is 0. The molecule has 104 valence electrons. The summed E-state index contributed by atoms with van der Waals surface area (Å²) >= 11 is 1.02. The van der Waals surface area contributed by atoms with Gasteiger partial charge in [-0.2, -0.15) is 0 Å². The van der Waals surface area contributed by atoms with Gasteiger partial charge in [0.25, 0.3) is 6.43 Å². The second-order valence-electron chi connectivity index (χ2n) is 4.11. The normalized spacial score (nSPS) is 11.6. The first-order chi connectivity index (χ1) is 9.74. The van der Waals surface area contributed by atoms with E-state index in [1.165, 1.54) is 6.20 Å². The summed E-state index contributed by atoms with van der Waals surface area (Å²) < 4.78 is 26.7. The molecule has 0 saturated heterocycles. The van der Waals surface area contributed by atoms with Gasteiger partial charge in [-0.05, 0) is 12.1 Å². The van der Waals surface area contributed by atoms with E-state index in [-0.39, 0.29) is 5.01 Å². The number of nitrogens with one attached hydrogen (secondary N) is 1.